The normalized spacial score (nSPS) is 32.7. The molecule has 2 fully saturated rings. The first kappa shape index (κ1) is 12.2. The molecule has 18 heavy (non-hydrogen) atoms. The van der Waals surface area contributed by atoms with E-state index in [4.69, 9.17) is 0 Å². The maximum Gasteiger partial charge on any atom is 0.0762 e. The third-order valence-electron chi connectivity index (χ3n) is 4.68. The lowest BCUT2D eigenvalue weighted by Gasteiger charge is -2.47. The molecule has 2 saturated heterocycles. The van der Waals surface area contributed by atoms with Crippen LogP contribution in [-0.4, -0.2) is 39.9 Å². The molecule has 0 saturated carbocycles. The van der Waals surface area contributed by atoms with Crippen molar-refractivity contribution in [1.29, 1.82) is 0 Å². The Kier molecular flexibility index (Phi) is 3.39. The van der Waals surface area contributed by atoms with Crippen LogP contribution in [-0.2, 0) is 13.6 Å². The lowest BCUT2D eigenvalue weighted by Crippen LogP contribution is -2.54. The van der Waals surface area contributed by atoms with Gasteiger partial charge in [-0.05, 0) is 38.8 Å². The summed E-state index contributed by atoms with van der Waals surface area (Å²) >= 11 is 0. The van der Waals surface area contributed by atoms with Crippen LogP contribution in [0, 0.1) is 0 Å². The van der Waals surface area contributed by atoms with Crippen molar-refractivity contribution in [3.05, 3.63) is 18.0 Å². The Morgan fingerprint density at radius 1 is 1.28 bits per heavy atom. The van der Waals surface area contributed by atoms with E-state index in [9.17, 15) is 0 Å². The first-order valence-electron chi connectivity index (χ1n) is 7.16. The Bertz CT molecular complexity index is 386. The van der Waals surface area contributed by atoms with E-state index in [0.717, 1.165) is 24.3 Å². The lowest BCUT2D eigenvalue weighted by atomic mass is 9.82. The highest BCUT2D eigenvalue weighted by Gasteiger charge is 2.35. The van der Waals surface area contributed by atoms with Crippen LogP contribution in [0.15, 0.2) is 12.3 Å². The quantitative estimate of drug-likeness (QED) is 0.880. The molecule has 2 bridgehead atoms. The predicted octanol–water partition coefficient (Wildman–Crippen LogP) is 1.52. The maximum absolute atomic E-state index is 4.43. The average Bonchev–Trinajstić information content (AvgIpc) is 2.73. The van der Waals surface area contributed by atoms with E-state index in [1.54, 1.807) is 0 Å². The van der Waals surface area contributed by atoms with E-state index in [-0.39, 0.29) is 0 Å². The number of hydrogen-bond donors (Lipinski definition) is 1. The van der Waals surface area contributed by atoms with E-state index >= 15 is 0 Å². The van der Waals surface area contributed by atoms with E-state index in [0.29, 0.717) is 6.04 Å². The van der Waals surface area contributed by atoms with Crippen LogP contribution in [0.5, 0.6) is 0 Å². The minimum Gasteiger partial charge on any atom is -0.308 e. The van der Waals surface area contributed by atoms with Crippen LogP contribution >= 0.6 is 0 Å². The zero-order valence-electron chi connectivity index (χ0n) is 11.5. The molecule has 4 heteroatoms. The van der Waals surface area contributed by atoms with E-state index in [2.05, 4.69) is 28.4 Å². The van der Waals surface area contributed by atoms with Gasteiger partial charge >= 0.3 is 0 Å². The van der Waals surface area contributed by atoms with Crippen LogP contribution < -0.4 is 5.32 Å². The molecule has 1 N–H and O–H groups in total. The fourth-order valence-corrected chi connectivity index (χ4v) is 3.59. The van der Waals surface area contributed by atoms with Crippen LogP contribution in [0.1, 0.15) is 37.8 Å². The van der Waals surface area contributed by atoms with E-state index in [1.165, 1.54) is 32.1 Å². The third-order valence-corrected chi connectivity index (χ3v) is 4.68. The molecule has 1 aromatic rings. The summed E-state index contributed by atoms with van der Waals surface area (Å²) in [6.07, 6.45) is 8.82. The molecule has 2 aliphatic heterocycles. The highest BCUT2D eigenvalue weighted by molar-refractivity contribution is 5.00. The van der Waals surface area contributed by atoms with Gasteiger partial charge in [-0.3, -0.25) is 4.68 Å². The monoisotopic (exact) mass is 248 g/mol. The molecule has 0 radical (unpaired) electrons. The van der Waals surface area contributed by atoms with Gasteiger partial charge in [-0.15, -0.1) is 0 Å². The minimum atomic E-state index is 0.679. The smallest absolute Gasteiger partial charge is 0.0762 e. The zero-order valence-corrected chi connectivity index (χ0v) is 11.5. The number of nitrogens with one attached hydrogen (secondary N) is 1. The molecule has 4 nitrogen and oxygen atoms in total. The Morgan fingerprint density at radius 3 is 2.61 bits per heavy atom. The zero-order chi connectivity index (χ0) is 12.5. The Balaban J connectivity index is 1.55. The van der Waals surface area contributed by atoms with Gasteiger partial charge in [0.2, 0.25) is 0 Å². The molecule has 2 atom stereocenters. The van der Waals surface area contributed by atoms with Gasteiger partial charge in [-0.25, -0.2) is 0 Å². The molecule has 3 heterocycles. The van der Waals surface area contributed by atoms with Gasteiger partial charge in [0.25, 0.3) is 0 Å². The summed E-state index contributed by atoms with van der Waals surface area (Å²) in [4.78, 5) is 2.61. The summed E-state index contributed by atoms with van der Waals surface area (Å²) in [6, 6.07) is 4.39. The van der Waals surface area contributed by atoms with Crippen molar-refractivity contribution in [1.82, 2.24) is 20.0 Å². The molecule has 3 rings (SSSR count). The molecule has 0 aliphatic carbocycles. The Morgan fingerprint density at radius 2 is 2.00 bits per heavy atom. The molecule has 0 spiro atoms. The van der Waals surface area contributed by atoms with Crippen molar-refractivity contribution in [2.45, 2.75) is 56.8 Å². The van der Waals surface area contributed by atoms with E-state index in [1.807, 2.05) is 17.9 Å². The van der Waals surface area contributed by atoms with Crippen molar-refractivity contribution in [2.24, 2.45) is 7.05 Å². The number of rotatable bonds is 3. The first-order valence-corrected chi connectivity index (χ1v) is 7.16. The highest BCUT2D eigenvalue weighted by Crippen LogP contribution is 2.32. The van der Waals surface area contributed by atoms with Crippen molar-refractivity contribution in [3.63, 3.8) is 0 Å². The Labute approximate surface area is 109 Å². The first-order chi connectivity index (χ1) is 8.72. The molecular formula is C14H24N4. The third kappa shape index (κ3) is 2.45. The number of hydrogen-bond acceptors (Lipinski definition) is 3. The molecule has 2 aliphatic rings. The number of nitrogens with zero attached hydrogens (tertiary/aromatic N) is 3. The molecule has 0 amide bonds. The second-order valence-corrected chi connectivity index (χ2v) is 5.93. The fraction of sp³-hybridized carbons (Fsp3) is 0.786. The molecular weight excluding hydrogens is 224 g/mol. The predicted molar refractivity (Wildman–Crippen MR) is 72.3 cm³/mol. The number of aryl methyl sites for hydroxylation is 1. The van der Waals surface area contributed by atoms with Gasteiger partial charge < -0.3 is 10.2 Å². The minimum absolute atomic E-state index is 0.679. The second kappa shape index (κ2) is 5.02. The summed E-state index contributed by atoms with van der Waals surface area (Å²) in [5.41, 5.74) is 1.15. The van der Waals surface area contributed by atoms with Gasteiger partial charge in [0, 0.05) is 37.9 Å². The van der Waals surface area contributed by atoms with Crippen molar-refractivity contribution in [3.8, 4) is 0 Å². The summed E-state index contributed by atoms with van der Waals surface area (Å²) in [7, 11) is 4.28. The molecule has 2 unspecified atom stereocenters. The molecule has 100 valence electrons. The van der Waals surface area contributed by atoms with Crippen LogP contribution in [0.2, 0.25) is 0 Å². The Hall–Kier alpha value is -0.870. The summed E-state index contributed by atoms with van der Waals surface area (Å²) in [5.74, 6) is 0. The van der Waals surface area contributed by atoms with Gasteiger partial charge in [0.15, 0.2) is 0 Å². The van der Waals surface area contributed by atoms with E-state index < -0.39 is 0 Å². The largest absolute Gasteiger partial charge is 0.308 e. The van der Waals surface area contributed by atoms with Crippen LogP contribution in [0.25, 0.3) is 0 Å². The number of fused-ring (bicyclic) bond motifs is 2. The standard InChI is InChI=1S/C14H24N4/c1-17-7-6-11(16-17)10-15-12-8-13-4-3-5-14(9-12)18(13)2/h6-7,12-15H,3-5,8-10H2,1-2H3. The maximum atomic E-state index is 4.43. The van der Waals surface area contributed by atoms with Crippen molar-refractivity contribution in [2.75, 3.05) is 7.05 Å². The highest BCUT2D eigenvalue weighted by atomic mass is 15.3. The second-order valence-electron chi connectivity index (χ2n) is 5.93. The molecule has 0 aromatic carbocycles. The van der Waals surface area contributed by atoms with Crippen LogP contribution in [0.3, 0.4) is 0 Å². The topological polar surface area (TPSA) is 33.1 Å². The summed E-state index contributed by atoms with van der Waals surface area (Å²) < 4.78 is 1.88. The fourth-order valence-electron chi connectivity index (χ4n) is 3.59. The van der Waals surface area contributed by atoms with Gasteiger partial charge in [-0.1, -0.05) is 6.42 Å². The van der Waals surface area contributed by atoms with Gasteiger partial charge in [-0.2, -0.15) is 5.10 Å². The average molecular weight is 248 g/mol. The van der Waals surface area contributed by atoms with Gasteiger partial charge in [0.05, 0.1) is 5.69 Å². The van der Waals surface area contributed by atoms with Crippen molar-refractivity contribution < 1.29 is 0 Å². The van der Waals surface area contributed by atoms with Gasteiger partial charge in [0.1, 0.15) is 0 Å². The SMILES string of the molecule is CN1C2CCCC1CC(NCc1ccn(C)n1)C2. The van der Waals surface area contributed by atoms with Crippen LogP contribution in [0.4, 0.5) is 0 Å². The van der Waals surface area contributed by atoms with Crippen molar-refractivity contribution >= 4 is 0 Å². The molecule has 1 aromatic heterocycles. The lowest BCUT2D eigenvalue weighted by molar-refractivity contribution is 0.0481. The summed E-state index contributed by atoms with van der Waals surface area (Å²) in [5, 5.41) is 8.12. The number of piperidine rings is 2. The summed E-state index contributed by atoms with van der Waals surface area (Å²) in [6.45, 7) is 0.911. The number of aromatic nitrogens is 2.